The van der Waals surface area contributed by atoms with Gasteiger partial charge < -0.3 is 0 Å². The van der Waals surface area contributed by atoms with Crippen LogP contribution in [0.4, 0.5) is 0 Å². The van der Waals surface area contributed by atoms with Crippen LogP contribution >= 0.6 is 0 Å². The van der Waals surface area contributed by atoms with Crippen LogP contribution in [0.3, 0.4) is 0 Å². The second-order valence-corrected chi connectivity index (χ2v) is 9.31. The molecule has 0 N–H and O–H groups in total. The quantitative estimate of drug-likeness (QED) is 0.428. The molecule has 1 nitrogen and oxygen atoms in total. The highest BCUT2D eigenvalue weighted by molar-refractivity contribution is 5.82. The molecule has 150 valence electrons. The van der Waals surface area contributed by atoms with Crippen molar-refractivity contribution in [3.05, 3.63) is 35.4 Å². The molecule has 1 heteroatoms. The van der Waals surface area contributed by atoms with Crippen LogP contribution in [-0.2, 0) is 4.79 Å². The Morgan fingerprint density at radius 3 is 1.96 bits per heavy atom. The van der Waals surface area contributed by atoms with Gasteiger partial charge in [0.25, 0.3) is 0 Å². The standard InChI is InChI=1S/C26H40O/c1-3-5-6-8-24-17-18-25(19-26(24)27)23-15-13-22(14-16-23)21-11-9-20(7-4-2)10-12-21/h13-16,20-21,24-25H,3-12,17-19H2,1-2H3/t20?,21?,24-,25-/m1/s1. The summed E-state index contributed by atoms with van der Waals surface area (Å²) in [6, 6.07) is 9.42. The van der Waals surface area contributed by atoms with Crippen molar-refractivity contribution in [2.45, 2.75) is 109 Å². The molecule has 0 heterocycles. The molecule has 0 unspecified atom stereocenters. The van der Waals surface area contributed by atoms with Crippen molar-refractivity contribution in [3.8, 4) is 0 Å². The summed E-state index contributed by atoms with van der Waals surface area (Å²) in [5.41, 5.74) is 2.94. The minimum absolute atomic E-state index is 0.352. The van der Waals surface area contributed by atoms with Crippen molar-refractivity contribution in [3.63, 3.8) is 0 Å². The van der Waals surface area contributed by atoms with E-state index >= 15 is 0 Å². The number of Topliss-reactive ketones (excluding diaryl/α,β-unsaturated/α-hetero) is 1. The summed E-state index contributed by atoms with van der Waals surface area (Å²) >= 11 is 0. The molecule has 3 rings (SSSR count). The summed E-state index contributed by atoms with van der Waals surface area (Å²) in [6.07, 6.45) is 16.3. The van der Waals surface area contributed by atoms with E-state index in [2.05, 4.69) is 38.1 Å². The lowest BCUT2D eigenvalue weighted by Crippen LogP contribution is -2.24. The van der Waals surface area contributed by atoms with Crippen LogP contribution < -0.4 is 0 Å². The zero-order chi connectivity index (χ0) is 19.1. The van der Waals surface area contributed by atoms with Crippen molar-refractivity contribution < 1.29 is 4.79 Å². The highest BCUT2D eigenvalue weighted by Crippen LogP contribution is 2.39. The molecule has 0 spiro atoms. The maximum Gasteiger partial charge on any atom is 0.136 e. The van der Waals surface area contributed by atoms with Crippen molar-refractivity contribution in [2.24, 2.45) is 11.8 Å². The Balaban J connectivity index is 1.50. The summed E-state index contributed by atoms with van der Waals surface area (Å²) in [6.45, 7) is 4.55. The Morgan fingerprint density at radius 2 is 1.37 bits per heavy atom. The van der Waals surface area contributed by atoms with Crippen LogP contribution in [0.5, 0.6) is 0 Å². The molecule has 2 aliphatic rings. The fraction of sp³-hybridized carbons (Fsp3) is 0.731. The predicted octanol–water partition coefficient (Wildman–Crippen LogP) is 7.79. The summed E-state index contributed by atoms with van der Waals surface area (Å²) in [7, 11) is 0. The predicted molar refractivity (Wildman–Crippen MR) is 115 cm³/mol. The summed E-state index contributed by atoms with van der Waals surface area (Å²) in [4.78, 5) is 12.6. The van der Waals surface area contributed by atoms with E-state index in [1.165, 1.54) is 75.3 Å². The van der Waals surface area contributed by atoms with Gasteiger partial charge in [0.05, 0.1) is 0 Å². The lowest BCUT2D eigenvalue weighted by molar-refractivity contribution is -0.125. The lowest BCUT2D eigenvalue weighted by atomic mass is 9.75. The number of unbranched alkanes of at least 4 members (excludes halogenated alkanes) is 2. The molecule has 0 aliphatic heterocycles. The van der Waals surface area contributed by atoms with Crippen LogP contribution in [0, 0.1) is 11.8 Å². The first-order chi connectivity index (χ1) is 13.2. The molecule has 2 fully saturated rings. The third-order valence-corrected chi connectivity index (χ3v) is 7.35. The molecule has 0 aromatic heterocycles. The largest absolute Gasteiger partial charge is 0.299 e. The Hall–Kier alpha value is -1.11. The maximum atomic E-state index is 12.6. The Morgan fingerprint density at radius 1 is 0.741 bits per heavy atom. The molecule has 0 bridgehead atoms. The third-order valence-electron chi connectivity index (χ3n) is 7.35. The number of benzene rings is 1. The van der Waals surface area contributed by atoms with Gasteiger partial charge in [-0.2, -0.15) is 0 Å². The molecule has 0 saturated heterocycles. The van der Waals surface area contributed by atoms with Crippen LogP contribution in [0.25, 0.3) is 0 Å². The summed E-state index contributed by atoms with van der Waals surface area (Å²) in [5.74, 6) is 3.09. The Bertz CT molecular complexity index is 564. The van der Waals surface area contributed by atoms with Gasteiger partial charge in [-0.05, 0) is 73.8 Å². The average Bonchev–Trinajstić information content (AvgIpc) is 2.70. The molecule has 27 heavy (non-hydrogen) atoms. The average molecular weight is 369 g/mol. The van der Waals surface area contributed by atoms with Gasteiger partial charge in [-0.1, -0.05) is 70.2 Å². The molecule has 2 atom stereocenters. The van der Waals surface area contributed by atoms with Gasteiger partial charge >= 0.3 is 0 Å². The number of ketones is 1. The molecule has 2 aliphatic carbocycles. The van der Waals surface area contributed by atoms with E-state index in [1.807, 2.05) is 0 Å². The van der Waals surface area contributed by atoms with Gasteiger partial charge in [-0.15, -0.1) is 0 Å². The smallest absolute Gasteiger partial charge is 0.136 e. The fourth-order valence-corrected chi connectivity index (χ4v) is 5.54. The van der Waals surface area contributed by atoms with Gasteiger partial charge in [0.1, 0.15) is 5.78 Å². The monoisotopic (exact) mass is 368 g/mol. The van der Waals surface area contributed by atoms with E-state index in [1.54, 1.807) is 0 Å². The lowest BCUT2D eigenvalue weighted by Gasteiger charge is -2.30. The minimum atomic E-state index is 0.352. The Kier molecular flexibility index (Phi) is 7.97. The first kappa shape index (κ1) is 20.6. The van der Waals surface area contributed by atoms with Crippen molar-refractivity contribution in [2.75, 3.05) is 0 Å². The van der Waals surface area contributed by atoms with Crippen molar-refractivity contribution >= 4 is 5.78 Å². The van der Waals surface area contributed by atoms with Gasteiger partial charge in [-0.3, -0.25) is 4.79 Å². The highest BCUT2D eigenvalue weighted by atomic mass is 16.1. The molecular formula is C26H40O. The van der Waals surface area contributed by atoms with E-state index < -0.39 is 0 Å². The van der Waals surface area contributed by atoms with Gasteiger partial charge in [0.15, 0.2) is 0 Å². The van der Waals surface area contributed by atoms with Crippen LogP contribution in [0.2, 0.25) is 0 Å². The zero-order valence-electron chi connectivity index (χ0n) is 17.7. The minimum Gasteiger partial charge on any atom is -0.299 e. The molecule has 0 radical (unpaired) electrons. The summed E-state index contributed by atoms with van der Waals surface area (Å²) in [5, 5.41) is 0. The Labute approximate surface area is 167 Å². The number of hydrogen-bond donors (Lipinski definition) is 0. The second kappa shape index (κ2) is 10.4. The van der Waals surface area contributed by atoms with Crippen molar-refractivity contribution in [1.82, 2.24) is 0 Å². The first-order valence-corrected chi connectivity index (χ1v) is 11.8. The first-order valence-electron chi connectivity index (χ1n) is 11.8. The van der Waals surface area contributed by atoms with Gasteiger partial charge in [-0.25, -0.2) is 0 Å². The zero-order valence-corrected chi connectivity index (χ0v) is 17.7. The van der Waals surface area contributed by atoms with Crippen LogP contribution in [-0.4, -0.2) is 5.78 Å². The summed E-state index contributed by atoms with van der Waals surface area (Å²) < 4.78 is 0. The molecular weight excluding hydrogens is 328 g/mol. The van der Waals surface area contributed by atoms with Crippen LogP contribution in [0.15, 0.2) is 24.3 Å². The normalized spacial score (nSPS) is 29.0. The van der Waals surface area contributed by atoms with Crippen LogP contribution in [0.1, 0.15) is 120 Å². The second-order valence-electron chi connectivity index (χ2n) is 9.31. The molecule has 1 aromatic carbocycles. The third kappa shape index (κ3) is 5.69. The highest BCUT2D eigenvalue weighted by Gasteiger charge is 2.29. The van der Waals surface area contributed by atoms with Gasteiger partial charge in [0.2, 0.25) is 0 Å². The maximum absolute atomic E-state index is 12.6. The molecule has 0 amide bonds. The van der Waals surface area contributed by atoms with E-state index in [-0.39, 0.29) is 0 Å². The molecule has 2 saturated carbocycles. The van der Waals surface area contributed by atoms with Gasteiger partial charge in [0, 0.05) is 12.3 Å². The van der Waals surface area contributed by atoms with E-state index in [9.17, 15) is 4.79 Å². The van der Waals surface area contributed by atoms with E-state index in [4.69, 9.17) is 0 Å². The SMILES string of the molecule is CCCCC[C@@H]1CC[C@@H](c2ccc(C3CCC(CCC)CC3)cc2)CC1=O. The topological polar surface area (TPSA) is 17.1 Å². The number of carbonyl (C=O) groups is 1. The number of rotatable bonds is 8. The number of hydrogen-bond acceptors (Lipinski definition) is 1. The van der Waals surface area contributed by atoms with E-state index in [0.29, 0.717) is 17.6 Å². The fourth-order valence-electron chi connectivity index (χ4n) is 5.54. The number of carbonyl (C=O) groups excluding carboxylic acids is 1. The van der Waals surface area contributed by atoms with Crippen molar-refractivity contribution in [1.29, 1.82) is 0 Å². The van der Waals surface area contributed by atoms with E-state index in [0.717, 1.165) is 31.1 Å². The molecule has 1 aromatic rings.